The number of rotatable bonds is 1. The quantitative estimate of drug-likeness (QED) is 0.700. The first-order valence-corrected chi connectivity index (χ1v) is 4.84. The molecule has 2 N–H and O–H groups in total. The van der Waals surface area contributed by atoms with E-state index in [4.69, 9.17) is 5.73 Å². The lowest BCUT2D eigenvalue weighted by Gasteiger charge is -2.16. The highest BCUT2D eigenvalue weighted by atomic mass is 15.4. The van der Waals surface area contributed by atoms with E-state index in [0.717, 1.165) is 24.5 Å². The molecule has 72 valence electrons. The molecule has 0 aliphatic heterocycles. The van der Waals surface area contributed by atoms with Gasteiger partial charge >= 0.3 is 0 Å². The lowest BCUT2D eigenvalue weighted by molar-refractivity contribution is 0.411. The van der Waals surface area contributed by atoms with Gasteiger partial charge in [0.2, 0.25) is 0 Å². The number of hydrogen-bond donors (Lipinski definition) is 1. The lowest BCUT2D eigenvalue weighted by atomic mass is 10.2. The van der Waals surface area contributed by atoms with Crippen LogP contribution in [0.25, 0.3) is 0 Å². The van der Waals surface area contributed by atoms with Crippen LogP contribution >= 0.6 is 0 Å². The largest absolute Gasteiger partial charge is 0.326 e. The summed E-state index contributed by atoms with van der Waals surface area (Å²) in [6, 6.07) is 0.640. The molecule has 0 radical (unpaired) electrons. The first-order valence-electron chi connectivity index (χ1n) is 4.84. The standard InChI is InChI=1S/C9H16N4/c1-6-11-7(2)13(12-6)9-5-3-4-8(9)10/h8-9H,3-5,10H2,1-2H3. The van der Waals surface area contributed by atoms with Gasteiger partial charge in [0.05, 0.1) is 6.04 Å². The van der Waals surface area contributed by atoms with Crippen molar-refractivity contribution in [3.8, 4) is 0 Å². The number of hydrogen-bond acceptors (Lipinski definition) is 3. The Morgan fingerprint density at radius 1 is 1.38 bits per heavy atom. The Morgan fingerprint density at radius 2 is 2.15 bits per heavy atom. The molecule has 0 spiro atoms. The predicted octanol–water partition coefficient (Wildman–Crippen LogP) is 0.947. The number of aromatic nitrogens is 3. The third kappa shape index (κ3) is 1.46. The maximum atomic E-state index is 6.00. The molecule has 2 atom stereocenters. The van der Waals surface area contributed by atoms with Gasteiger partial charge in [0.25, 0.3) is 0 Å². The molecule has 1 saturated carbocycles. The van der Waals surface area contributed by atoms with Gasteiger partial charge in [-0.1, -0.05) is 0 Å². The summed E-state index contributed by atoms with van der Waals surface area (Å²) < 4.78 is 1.99. The van der Waals surface area contributed by atoms with Crippen molar-refractivity contribution in [2.45, 2.75) is 45.2 Å². The fourth-order valence-corrected chi connectivity index (χ4v) is 2.12. The average molecular weight is 180 g/mol. The van der Waals surface area contributed by atoms with Gasteiger partial charge in [-0.05, 0) is 33.1 Å². The SMILES string of the molecule is Cc1nc(C)n(C2CCCC2N)n1. The molecule has 13 heavy (non-hydrogen) atoms. The molecule has 2 rings (SSSR count). The van der Waals surface area contributed by atoms with Crippen LogP contribution in [0.3, 0.4) is 0 Å². The molecule has 0 amide bonds. The van der Waals surface area contributed by atoms with E-state index in [1.54, 1.807) is 0 Å². The molecular weight excluding hydrogens is 164 g/mol. The van der Waals surface area contributed by atoms with Gasteiger partial charge in [0.15, 0.2) is 0 Å². The maximum Gasteiger partial charge on any atom is 0.147 e. The summed E-state index contributed by atoms with van der Waals surface area (Å²) in [7, 11) is 0. The molecule has 1 aromatic heterocycles. The van der Waals surface area contributed by atoms with E-state index < -0.39 is 0 Å². The van der Waals surface area contributed by atoms with Crippen molar-refractivity contribution in [2.75, 3.05) is 0 Å². The normalized spacial score (nSPS) is 28.2. The molecular formula is C9H16N4. The van der Waals surface area contributed by atoms with Crippen molar-refractivity contribution >= 4 is 0 Å². The van der Waals surface area contributed by atoms with Crippen molar-refractivity contribution in [3.05, 3.63) is 11.6 Å². The van der Waals surface area contributed by atoms with Crippen molar-refractivity contribution < 1.29 is 0 Å². The second kappa shape index (κ2) is 3.10. The van der Waals surface area contributed by atoms with Crippen molar-refractivity contribution in [2.24, 2.45) is 5.73 Å². The molecule has 1 aromatic rings. The zero-order valence-corrected chi connectivity index (χ0v) is 8.20. The summed E-state index contributed by atoms with van der Waals surface area (Å²) in [6.07, 6.45) is 3.47. The maximum absolute atomic E-state index is 6.00. The fraction of sp³-hybridized carbons (Fsp3) is 0.778. The van der Waals surface area contributed by atoms with E-state index in [1.165, 1.54) is 6.42 Å². The van der Waals surface area contributed by atoms with Crippen LogP contribution in [0.4, 0.5) is 0 Å². The number of nitrogens with two attached hydrogens (primary N) is 1. The highest BCUT2D eigenvalue weighted by Crippen LogP contribution is 2.28. The van der Waals surface area contributed by atoms with Gasteiger partial charge in [-0.3, -0.25) is 0 Å². The Labute approximate surface area is 78.1 Å². The second-order valence-corrected chi connectivity index (χ2v) is 3.81. The zero-order valence-electron chi connectivity index (χ0n) is 8.20. The van der Waals surface area contributed by atoms with Gasteiger partial charge in [0.1, 0.15) is 11.6 Å². The minimum absolute atomic E-state index is 0.264. The van der Waals surface area contributed by atoms with Gasteiger partial charge in [-0.2, -0.15) is 5.10 Å². The predicted molar refractivity (Wildman–Crippen MR) is 50.4 cm³/mol. The van der Waals surface area contributed by atoms with Crippen LogP contribution in [0, 0.1) is 13.8 Å². The molecule has 1 fully saturated rings. The molecule has 1 aliphatic carbocycles. The summed E-state index contributed by atoms with van der Waals surface area (Å²) >= 11 is 0. The van der Waals surface area contributed by atoms with E-state index >= 15 is 0 Å². The summed E-state index contributed by atoms with van der Waals surface area (Å²) in [5, 5.41) is 4.37. The van der Waals surface area contributed by atoms with Crippen LogP contribution < -0.4 is 5.73 Å². The van der Waals surface area contributed by atoms with Crippen LogP contribution in [0.5, 0.6) is 0 Å². The van der Waals surface area contributed by atoms with Gasteiger partial charge < -0.3 is 5.73 Å². The summed E-state index contributed by atoms with van der Waals surface area (Å²) in [6.45, 7) is 3.91. The third-order valence-electron chi connectivity index (χ3n) is 2.75. The highest BCUT2D eigenvalue weighted by molar-refractivity contribution is 4.95. The Kier molecular flexibility index (Phi) is 2.07. The number of aryl methyl sites for hydroxylation is 2. The van der Waals surface area contributed by atoms with Gasteiger partial charge in [-0.15, -0.1) is 0 Å². The summed E-state index contributed by atoms with van der Waals surface area (Å²) in [4.78, 5) is 4.29. The first kappa shape index (κ1) is 8.69. The number of nitrogens with zero attached hydrogens (tertiary/aromatic N) is 3. The van der Waals surface area contributed by atoms with E-state index in [2.05, 4.69) is 10.1 Å². The van der Waals surface area contributed by atoms with Gasteiger partial charge in [-0.25, -0.2) is 9.67 Å². The van der Waals surface area contributed by atoms with E-state index in [-0.39, 0.29) is 6.04 Å². The van der Waals surface area contributed by atoms with Crippen molar-refractivity contribution in [3.63, 3.8) is 0 Å². The second-order valence-electron chi connectivity index (χ2n) is 3.81. The van der Waals surface area contributed by atoms with Crippen LogP contribution in [-0.4, -0.2) is 20.8 Å². The van der Waals surface area contributed by atoms with Gasteiger partial charge in [0, 0.05) is 6.04 Å². The van der Waals surface area contributed by atoms with Crippen molar-refractivity contribution in [1.82, 2.24) is 14.8 Å². The molecule has 2 unspecified atom stereocenters. The smallest absolute Gasteiger partial charge is 0.147 e. The van der Waals surface area contributed by atoms with Crippen LogP contribution in [0.1, 0.15) is 37.0 Å². The van der Waals surface area contributed by atoms with Crippen LogP contribution in [0.2, 0.25) is 0 Å². The molecule has 4 nitrogen and oxygen atoms in total. The summed E-state index contributed by atoms with van der Waals surface area (Å²) in [5.74, 6) is 1.83. The van der Waals surface area contributed by atoms with E-state index in [0.29, 0.717) is 6.04 Å². The Morgan fingerprint density at radius 3 is 2.62 bits per heavy atom. The molecule has 1 aliphatic rings. The zero-order chi connectivity index (χ0) is 9.42. The molecule has 0 aromatic carbocycles. The Bertz CT molecular complexity index is 305. The average Bonchev–Trinajstić information content (AvgIpc) is 2.58. The minimum Gasteiger partial charge on any atom is -0.326 e. The Balaban J connectivity index is 2.28. The van der Waals surface area contributed by atoms with E-state index in [9.17, 15) is 0 Å². The molecule has 0 saturated heterocycles. The highest BCUT2D eigenvalue weighted by Gasteiger charge is 2.27. The van der Waals surface area contributed by atoms with Crippen LogP contribution in [-0.2, 0) is 0 Å². The first-order chi connectivity index (χ1) is 6.18. The monoisotopic (exact) mass is 180 g/mol. The fourth-order valence-electron chi connectivity index (χ4n) is 2.12. The Hall–Kier alpha value is -0.900. The summed E-state index contributed by atoms with van der Waals surface area (Å²) in [5.41, 5.74) is 6.00. The van der Waals surface area contributed by atoms with Crippen molar-refractivity contribution in [1.29, 1.82) is 0 Å². The molecule has 0 bridgehead atoms. The van der Waals surface area contributed by atoms with E-state index in [1.807, 2.05) is 18.5 Å². The molecule has 4 heteroatoms. The third-order valence-corrected chi connectivity index (χ3v) is 2.75. The minimum atomic E-state index is 0.264. The lowest BCUT2D eigenvalue weighted by Crippen LogP contribution is -2.28. The molecule has 1 heterocycles. The topological polar surface area (TPSA) is 56.7 Å². The van der Waals surface area contributed by atoms with Crippen LogP contribution in [0.15, 0.2) is 0 Å².